The van der Waals surface area contributed by atoms with Crippen LogP contribution in [-0.2, 0) is 4.79 Å². The van der Waals surface area contributed by atoms with E-state index in [0.29, 0.717) is 11.3 Å². The Hall–Kier alpha value is -0.370. The van der Waals surface area contributed by atoms with Crippen LogP contribution in [-0.4, -0.2) is 17.5 Å². The molecule has 6 unspecified atom stereocenters. The highest BCUT2D eigenvalue weighted by molar-refractivity contribution is 5.61. The van der Waals surface area contributed by atoms with E-state index >= 15 is 0 Å². The number of carbonyl (C=O) groups excluding carboxylic acids is 1. The minimum absolute atomic E-state index is 0.266. The van der Waals surface area contributed by atoms with E-state index in [4.69, 9.17) is 0 Å². The van der Waals surface area contributed by atoms with Gasteiger partial charge >= 0.3 is 0 Å². The fourth-order valence-electron chi connectivity index (χ4n) is 7.98. The number of aliphatic hydroxyl groups excluding tert-OH is 1. The first-order valence-corrected chi connectivity index (χ1v) is 9.99. The van der Waals surface area contributed by atoms with Crippen LogP contribution in [0.15, 0.2) is 0 Å². The molecule has 2 nitrogen and oxygen atoms in total. The summed E-state index contributed by atoms with van der Waals surface area (Å²) in [6.07, 6.45) is 12.1. The molecule has 0 aliphatic heterocycles. The largest absolute Gasteiger partial charge is 0.392 e. The highest BCUT2D eigenvalue weighted by atomic mass is 16.3. The lowest BCUT2D eigenvalue weighted by atomic mass is 9.41. The van der Waals surface area contributed by atoms with Gasteiger partial charge in [0, 0.05) is 0 Å². The molecule has 0 aromatic rings. The molecule has 0 saturated heterocycles. The van der Waals surface area contributed by atoms with Crippen molar-refractivity contribution in [3.8, 4) is 0 Å². The van der Waals surface area contributed by atoms with Gasteiger partial charge in [-0.3, -0.25) is 0 Å². The van der Waals surface area contributed by atoms with Crippen LogP contribution in [0.5, 0.6) is 0 Å². The Morgan fingerprint density at radius 3 is 2.43 bits per heavy atom. The summed E-state index contributed by atoms with van der Waals surface area (Å²) in [5.41, 5.74) is 0.350. The maximum atomic E-state index is 11.9. The van der Waals surface area contributed by atoms with Crippen molar-refractivity contribution in [3.05, 3.63) is 0 Å². The number of aliphatic hydroxyl groups is 1. The van der Waals surface area contributed by atoms with Crippen LogP contribution in [0.3, 0.4) is 0 Å². The first-order chi connectivity index (χ1) is 10.8. The van der Waals surface area contributed by atoms with Crippen molar-refractivity contribution in [1.82, 2.24) is 0 Å². The Kier molecular flexibility index (Phi) is 3.55. The molecule has 2 heteroatoms. The molecule has 0 spiro atoms. The van der Waals surface area contributed by atoms with Crippen LogP contribution < -0.4 is 0 Å². The first kappa shape index (κ1) is 16.1. The van der Waals surface area contributed by atoms with Gasteiger partial charge in [0.05, 0.1) is 11.5 Å². The lowest BCUT2D eigenvalue weighted by Gasteiger charge is -2.63. The van der Waals surface area contributed by atoms with Crippen molar-refractivity contribution in [2.75, 3.05) is 0 Å². The van der Waals surface area contributed by atoms with Crippen LogP contribution >= 0.6 is 0 Å². The van der Waals surface area contributed by atoms with Gasteiger partial charge in [0.15, 0.2) is 0 Å². The molecule has 8 atom stereocenters. The molecule has 130 valence electrons. The summed E-state index contributed by atoms with van der Waals surface area (Å²) in [5, 5.41) is 10.5. The number of aldehydes is 1. The molecule has 0 aromatic heterocycles. The number of hydrogen-bond acceptors (Lipinski definition) is 2. The van der Waals surface area contributed by atoms with E-state index < -0.39 is 11.5 Å². The van der Waals surface area contributed by atoms with Gasteiger partial charge in [-0.25, -0.2) is 0 Å². The van der Waals surface area contributed by atoms with Gasteiger partial charge in [0.2, 0.25) is 0 Å². The van der Waals surface area contributed by atoms with Gasteiger partial charge in [0.1, 0.15) is 6.29 Å². The average molecular weight is 319 g/mol. The van der Waals surface area contributed by atoms with Gasteiger partial charge in [-0.1, -0.05) is 27.2 Å². The third-order valence-electron chi connectivity index (χ3n) is 9.33. The lowest BCUT2D eigenvalue weighted by Crippen LogP contribution is -2.60. The molecule has 4 saturated carbocycles. The quantitative estimate of drug-likeness (QED) is 0.718. The van der Waals surface area contributed by atoms with E-state index in [2.05, 4.69) is 13.8 Å². The van der Waals surface area contributed by atoms with E-state index in [-0.39, 0.29) is 5.41 Å². The van der Waals surface area contributed by atoms with Crippen LogP contribution in [0.1, 0.15) is 78.6 Å². The number of fused-ring (bicyclic) bond motifs is 5. The lowest BCUT2D eigenvalue weighted by molar-refractivity contribution is -0.180. The summed E-state index contributed by atoms with van der Waals surface area (Å²) < 4.78 is 0. The smallest absolute Gasteiger partial charge is 0.128 e. The Bertz CT molecular complexity index is 502. The van der Waals surface area contributed by atoms with Crippen molar-refractivity contribution in [3.63, 3.8) is 0 Å². The van der Waals surface area contributed by atoms with Crippen molar-refractivity contribution in [1.29, 1.82) is 0 Å². The molecule has 1 N–H and O–H groups in total. The van der Waals surface area contributed by atoms with Gasteiger partial charge in [-0.2, -0.15) is 0 Å². The Balaban J connectivity index is 1.69. The zero-order chi connectivity index (χ0) is 16.5. The van der Waals surface area contributed by atoms with Crippen molar-refractivity contribution in [2.45, 2.75) is 84.7 Å². The molecule has 4 aliphatic carbocycles. The topological polar surface area (TPSA) is 37.3 Å². The Labute approximate surface area is 141 Å². The molecule has 0 aromatic carbocycles. The maximum Gasteiger partial charge on any atom is 0.128 e. The SMILES string of the molecule is CC12CCCC1C1CCC3C(C)(CC[C@H](O)[C@]3(C)C=O)C1CC2. The summed E-state index contributed by atoms with van der Waals surface area (Å²) >= 11 is 0. The first-order valence-electron chi connectivity index (χ1n) is 9.99. The minimum atomic E-state index is -0.519. The van der Waals surface area contributed by atoms with Gasteiger partial charge in [0.25, 0.3) is 0 Å². The number of carbonyl (C=O) groups is 1. The second-order valence-electron chi connectivity index (χ2n) is 10.1. The van der Waals surface area contributed by atoms with Crippen molar-refractivity contribution >= 4 is 6.29 Å². The van der Waals surface area contributed by atoms with Crippen LogP contribution in [0.2, 0.25) is 0 Å². The van der Waals surface area contributed by atoms with E-state index in [1.165, 1.54) is 38.5 Å². The van der Waals surface area contributed by atoms with Gasteiger partial charge in [-0.05, 0) is 85.9 Å². The van der Waals surface area contributed by atoms with Crippen LogP contribution in [0.25, 0.3) is 0 Å². The molecule has 4 rings (SSSR count). The fraction of sp³-hybridized carbons (Fsp3) is 0.952. The summed E-state index contributed by atoms with van der Waals surface area (Å²) in [7, 11) is 0. The highest BCUT2D eigenvalue weighted by Crippen LogP contribution is 2.68. The summed E-state index contributed by atoms with van der Waals surface area (Å²) in [6.45, 7) is 7.06. The van der Waals surface area contributed by atoms with Crippen LogP contribution in [0.4, 0.5) is 0 Å². The Morgan fingerprint density at radius 1 is 0.913 bits per heavy atom. The minimum Gasteiger partial charge on any atom is -0.392 e. The van der Waals surface area contributed by atoms with E-state index in [1.807, 2.05) is 6.92 Å². The summed E-state index contributed by atoms with van der Waals surface area (Å²) in [5.74, 6) is 2.96. The molecule has 4 fully saturated rings. The third kappa shape index (κ3) is 2.00. The van der Waals surface area contributed by atoms with E-state index in [1.54, 1.807) is 0 Å². The predicted molar refractivity (Wildman–Crippen MR) is 91.9 cm³/mol. The monoisotopic (exact) mass is 318 g/mol. The third-order valence-corrected chi connectivity index (χ3v) is 9.33. The zero-order valence-electron chi connectivity index (χ0n) is 15.2. The van der Waals surface area contributed by atoms with E-state index in [9.17, 15) is 9.90 Å². The molecule has 0 bridgehead atoms. The molecular weight excluding hydrogens is 284 g/mol. The second kappa shape index (κ2) is 5.07. The number of rotatable bonds is 1. The van der Waals surface area contributed by atoms with Crippen LogP contribution in [0, 0.1) is 39.9 Å². The molecule has 4 aliphatic rings. The molecule has 0 heterocycles. The molecule has 0 radical (unpaired) electrons. The maximum absolute atomic E-state index is 11.9. The summed E-state index contributed by atoms with van der Waals surface area (Å²) in [6, 6.07) is 0. The molecular formula is C21H34O2. The number of hydrogen-bond donors (Lipinski definition) is 1. The Morgan fingerprint density at radius 2 is 1.70 bits per heavy atom. The van der Waals surface area contributed by atoms with Gasteiger partial charge < -0.3 is 9.90 Å². The normalized spacial score (nSPS) is 58.9. The van der Waals surface area contributed by atoms with Crippen molar-refractivity contribution in [2.24, 2.45) is 39.9 Å². The van der Waals surface area contributed by atoms with Gasteiger partial charge in [-0.15, -0.1) is 0 Å². The van der Waals surface area contributed by atoms with Crippen molar-refractivity contribution < 1.29 is 9.90 Å². The standard InChI is InChI=1S/C21H34O2/c1-19-10-4-5-15(19)14-6-7-17-20(2,16(14)8-11-19)12-9-18(23)21(17,3)13-22/h13-18,23H,4-12H2,1-3H3/t14?,15?,16?,17?,18-,19?,20?,21+/m0/s1. The second-order valence-corrected chi connectivity index (χ2v) is 10.1. The summed E-state index contributed by atoms with van der Waals surface area (Å²) in [4.78, 5) is 11.9. The molecule has 0 amide bonds. The molecule has 23 heavy (non-hydrogen) atoms. The highest BCUT2D eigenvalue weighted by Gasteiger charge is 2.62. The fourth-order valence-corrected chi connectivity index (χ4v) is 7.98. The zero-order valence-corrected chi connectivity index (χ0v) is 15.2. The predicted octanol–water partition coefficient (Wildman–Crippen LogP) is 4.60. The average Bonchev–Trinajstić information content (AvgIpc) is 2.93. The van der Waals surface area contributed by atoms with E-state index in [0.717, 1.165) is 43.3 Å².